The van der Waals surface area contributed by atoms with Crippen molar-refractivity contribution in [2.24, 2.45) is 0 Å². The van der Waals surface area contributed by atoms with Crippen LogP contribution >= 0.6 is 0 Å². The van der Waals surface area contributed by atoms with Crippen molar-refractivity contribution in [3.8, 4) is 0 Å². The first-order chi connectivity index (χ1) is 9.52. The molecule has 0 saturated carbocycles. The van der Waals surface area contributed by atoms with Crippen LogP contribution in [0.25, 0.3) is 0 Å². The smallest absolute Gasteiger partial charge is 0.188 e. The molecular weight excluding hydrogens is 260 g/mol. The lowest BCUT2D eigenvalue weighted by Gasteiger charge is -2.40. The van der Waals surface area contributed by atoms with Gasteiger partial charge in [-0.3, -0.25) is 0 Å². The zero-order valence-corrected chi connectivity index (χ0v) is 11.6. The van der Waals surface area contributed by atoms with E-state index < -0.39 is 24.3 Å². The molecule has 0 radical (unpaired) electrons. The van der Waals surface area contributed by atoms with Gasteiger partial charge < -0.3 is 24.4 Å². The van der Waals surface area contributed by atoms with Crippen molar-refractivity contribution in [1.82, 2.24) is 0 Å². The highest BCUT2D eigenvalue weighted by atomic mass is 16.8. The summed E-state index contributed by atoms with van der Waals surface area (Å²) in [7, 11) is 0. The fourth-order valence-corrected chi connectivity index (χ4v) is 3.00. The second kappa shape index (κ2) is 5.09. The van der Waals surface area contributed by atoms with Crippen molar-refractivity contribution in [3.63, 3.8) is 0 Å². The Kier molecular flexibility index (Phi) is 3.56. The van der Waals surface area contributed by atoms with Crippen LogP contribution in [0.5, 0.6) is 0 Å². The van der Waals surface area contributed by atoms with E-state index in [0.29, 0.717) is 0 Å². The first-order valence-corrected chi connectivity index (χ1v) is 6.87. The molecule has 0 spiro atoms. The van der Waals surface area contributed by atoms with Crippen LogP contribution in [0.2, 0.25) is 0 Å². The van der Waals surface area contributed by atoms with Crippen LogP contribution < -0.4 is 0 Å². The molecule has 1 aromatic rings. The fourth-order valence-electron chi connectivity index (χ4n) is 3.00. The summed E-state index contributed by atoms with van der Waals surface area (Å²) in [5.74, 6) is -1.04. The molecule has 0 aliphatic carbocycles. The van der Waals surface area contributed by atoms with Gasteiger partial charge in [0.2, 0.25) is 0 Å². The third-order valence-electron chi connectivity index (χ3n) is 3.86. The maximum atomic E-state index is 10.5. The molecule has 0 unspecified atom stereocenters. The predicted molar refractivity (Wildman–Crippen MR) is 71.0 cm³/mol. The monoisotopic (exact) mass is 280 g/mol. The standard InChI is InChI=1S/C15H20O5/c1-15(2)19-13-11(9-6-4-3-5-7-9)12(17)10(8-16)18-14(13)20-15/h3-7,10-14,16-17H,8H2,1-2H3/t10-,11+,12-,13+,14+/m1/s1. The highest BCUT2D eigenvalue weighted by Crippen LogP contribution is 2.43. The molecule has 2 aliphatic heterocycles. The number of fused-ring (bicyclic) bond motifs is 1. The summed E-state index contributed by atoms with van der Waals surface area (Å²) >= 11 is 0. The molecule has 20 heavy (non-hydrogen) atoms. The zero-order chi connectivity index (χ0) is 14.3. The van der Waals surface area contributed by atoms with Gasteiger partial charge in [0.1, 0.15) is 12.2 Å². The van der Waals surface area contributed by atoms with Crippen LogP contribution in [-0.2, 0) is 14.2 Å². The summed E-state index contributed by atoms with van der Waals surface area (Å²) in [6.45, 7) is 3.38. The Morgan fingerprint density at radius 3 is 2.50 bits per heavy atom. The third kappa shape index (κ3) is 2.36. The van der Waals surface area contributed by atoms with Gasteiger partial charge in [0, 0.05) is 5.92 Å². The minimum Gasteiger partial charge on any atom is -0.394 e. The summed E-state index contributed by atoms with van der Waals surface area (Å²) in [4.78, 5) is 0. The van der Waals surface area contributed by atoms with Gasteiger partial charge in [-0.1, -0.05) is 30.3 Å². The Morgan fingerprint density at radius 2 is 1.85 bits per heavy atom. The number of benzene rings is 1. The van der Waals surface area contributed by atoms with E-state index in [9.17, 15) is 10.2 Å². The lowest BCUT2D eigenvalue weighted by molar-refractivity contribution is -0.238. The van der Waals surface area contributed by atoms with Crippen LogP contribution in [0.15, 0.2) is 30.3 Å². The van der Waals surface area contributed by atoms with E-state index in [1.807, 2.05) is 44.2 Å². The summed E-state index contributed by atoms with van der Waals surface area (Å²) in [6.07, 6.45) is -2.46. The van der Waals surface area contributed by atoms with Crippen molar-refractivity contribution in [2.75, 3.05) is 6.61 Å². The summed E-state index contributed by atoms with van der Waals surface area (Å²) in [6, 6.07) is 9.65. The van der Waals surface area contributed by atoms with Gasteiger partial charge in [-0.2, -0.15) is 0 Å². The van der Waals surface area contributed by atoms with Gasteiger partial charge in [-0.05, 0) is 19.4 Å². The van der Waals surface area contributed by atoms with Crippen molar-refractivity contribution in [2.45, 2.75) is 50.2 Å². The maximum absolute atomic E-state index is 10.5. The van der Waals surface area contributed by atoms with Crippen LogP contribution in [0.1, 0.15) is 25.3 Å². The maximum Gasteiger partial charge on any atom is 0.188 e. The highest BCUT2D eigenvalue weighted by molar-refractivity contribution is 5.24. The van der Waals surface area contributed by atoms with E-state index in [0.717, 1.165) is 5.56 Å². The number of aliphatic hydroxyl groups is 2. The Morgan fingerprint density at radius 1 is 1.15 bits per heavy atom. The predicted octanol–water partition coefficient (Wildman–Crippen LogP) is 1.000. The number of ether oxygens (including phenoxy) is 3. The molecule has 3 rings (SSSR count). The van der Waals surface area contributed by atoms with Gasteiger partial charge in [-0.25, -0.2) is 0 Å². The summed E-state index contributed by atoms with van der Waals surface area (Å²) in [5.41, 5.74) is 0.957. The SMILES string of the molecule is CC1(C)O[C@@H]2O[C@H](CO)[C@@H](O)[C@H](c3ccccc3)[C@@H]2O1. The van der Waals surface area contributed by atoms with Crippen molar-refractivity contribution >= 4 is 0 Å². The van der Waals surface area contributed by atoms with E-state index >= 15 is 0 Å². The van der Waals surface area contributed by atoms with Crippen molar-refractivity contribution in [1.29, 1.82) is 0 Å². The Hall–Kier alpha value is -0.980. The van der Waals surface area contributed by atoms with Crippen LogP contribution in [-0.4, -0.2) is 47.2 Å². The summed E-state index contributed by atoms with van der Waals surface area (Å²) < 4.78 is 17.2. The molecule has 5 heteroatoms. The average molecular weight is 280 g/mol. The van der Waals surface area contributed by atoms with Gasteiger partial charge in [0.15, 0.2) is 12.1 Å². The van der Waals surface area contributed by atoms with Crippen LogP contribution in [0, 0.1) is 0 Å². The van der Waals surface area contributed by atoms with E-state index in [1.165, 1.54) is 0 Å². The number of rotatable bonds is 2. The molecule has 2 saturated heterocycles. The van der Waals surface area contributed by atoms with E-state index in [1.54, 1.807) is 0 Å². The molecule has 110 valence electrons. The molecular formula is C15H20O5. The number of aliphatic hydroxyl groups excluding tert-OH is 2. The summed E-state index contributed by atoms with van der Waals surface area (Å²) in [5, 5.41) is 19.9. The first-order valence-electron chi connectivity index (χ1n) is 6.87. The molecule has 2 aliphatic rings. The van der Waals surface area contributed by atoms with Crippen molar-refractivity contribution in [3.05, 3.63) is 35.9 Å². The van der Waals surface area contributed by atoms with E-state index in [4.69, 9.17) is 14.2 Å². The normalized spacial score (nSPS) is 39.5. The molecule has 0 amide bonds. The number of hydrogen-bond acceptors (Lipinski definition) is 5. The minimum atomic E-state index is -0.832. The van der Waals surface area contributed by atoms with Gasteiger partial charge in [0.05, 0.1) is 12.7 Å². The quantitative estimate of drug-likeness (QED) is 0.846. The fraction of sp³-hybridized carbons (Fsp3) is 0.600. The molecule has 5 atom stereocenters. The molecule has 2 fully saturated rings. The van der Waals surface area contributed by atoms with Gasteiger partial charge in [-0.15, -0.1) is 0 Å². The highest BCUT2D eigenvalue weighted by Gasteiger charge is 2.54. The second-order valence-corrected chi connectivity index (χ2v) is 5.75. The lowest BCUT2D eigenvalue weighted by Crippen LogP contribution is -2.52. The lowest BCUT2D eigenvalue weighted by atomic mass is 9.83. The molecule has 2 N–H and O–H groups in total. The Labute approximate surface area is 118 Å². The zero-order valence-electron chi connectivity index (χ0n) is 11.6. The molecule has 0 aromatic heterocycles. The molecule has 2 heterocycles. The van der Waals surface area contributed by atoms with Crippen molar-refractivity contribution < 1.29 is 24.4 Å². The van der Waals surface area contributed by atoms with Gasteiger partial charge in [0.25, 0.3) is 0 Å². The first kappa shape index (κ1) is 14.0. The Balaban J connectivity index is 1.95. The van der Waals surface area contributed by atoms with E-state index in [-0.39, 0.29) is 18.6 Å². The molecule has 0 bridgehead atoms. The average Bonchev–Trinajstić information content (AvgIpc) is 2.72. The minimum absolute atomic E-state index is 0.252. The largest absolute Gasteiger partial charge is 0.394 e. The van der Waals surface area contributed by atoms with Crippen LogP contribution in [0.3, 0.4) is 0 Å². The van der Waals surface area contributed by atoms with Crippen LogP contribution in [0.4, 0.5) is 0 Å². The van der Waals surface area contributed by atoms with Gasteiger partial charge >= 0.3 is 0 Å². The van der Waals surface area contributed by atoms with E-state index in [2.05, 4.69) is 0 Å². The Bertz CT molecular complexity index is 461. The third-order valence-corrected chi connectivity index (χ3v) is 3.86. The number of hydrogen-bond donors (Lipinski definition) is 2. The second-order valence-electron chi connectivity index (χ2n) is 5.75. The molecule has 1 aromatic carbocycles. The topological polar surface area (TPSA) is 68.2 Å². The molecule has 5 nitrogen and oxygen atoms in total.